The zero-order chi connectivity index (χ0) is 21.6. The van der Waals surface area contributed by atoms with Crippen molar-refractivity contribution in [3.63, 3.8) is 0 Å². The van der Waals surface area contributed by atoms with E-state index in [-0.39, 0.29) is 11.6 Å². The Morgan fingerprint density at radius 3 is 2.55 bits per heavy atom. The first-order valence-electron chi connectivity index (χ1n) is 9.98. The molecule has 0 aliphatic carbocycles. The number of aromatic nitrogens is 7. The summed E-state index contributed by atoms with van der Waals surface area (Å²) in [5.41, 5.74) is 4.02. The normalized spacial score (nSPS) is 10.5. The van der Waals surface area contributed by atoms with Crippen LogP contribution in [0.4, 0.5) is 0 Å². The molecule has 0 saturated heterocycles. The van der Waals surface area contributed by atoms with Gasteiger partial charge in [0.15, 0.2) is 0 Å². The largest absolute Gasteiger partial charge is 0.291 e. The summed E-state index contributed by atoms with van der Waals surface area (Å²) in [7, 11) is 0. The van der Waals surface area contributed by atoms with E-state index in [1.54, 1.807) is 18.5 Å². The van der Waals surface area contributed by atoms with Crippen LogP contribution in [0.25, 0.3) is 22.5 Å². The molecule has 8 heteroatoms. The van der Waals surface area contributed by atoms with Gasteiger partial charge in [-0.3, -0.25) is 4.79 Å². The molecule has 154 valence electrons. The number of ketones is 1. The Hall–Kier alpha value is -4.12. The minimum Gasteiger partial charge on any atom is -0.291 e. The summed E-state index contributed by atoms with van der Waals surface area (Å²) in [5, 5.41) is 18.8. The van der Waals surface area contributed by atoms with Crippen molar-refractivity contribution in [1.82, 2.24) is 35.4 Å². The molecule has 1 N–H and O–H groups in total. The van der Waals surface area contributed by atoms with Crippen LogP contribution >= 0.6 is 0 Å². The molecular formula is C23H21N7O. The summed E-state index contributed by atoms with van der Waals surface area (Å²) in [6.45, 7) is 4.10. The quantitative estimate of drug-likeness (QED) is 0.370. The lowest BCUT2D eigenvalue weighted by atomic mass is 9.98. The first-order valence-corrected chi connectivity index (χ1v) is 9.98. The van der Waals surface area contributed by atoms with Crippen LogP contribution in [0.1, 0.15) is 42.3 Å². The first kappa shape index (κ1) is 20.2. The molecule has 8 nitrogen and oxygen atoms in total. The molecule has 2 aromatic heterocycles. The topological polar surface area (TPSA) is 102 Å². The van der Waals surface area contributed by atoms with Crippen LogP contribution in [0.5, 0.6) is 0 Å². The van der Waals surface area contributed by atoms with Crippen molar-refractivity contribution in [3.05, 3.63) is 65.7 Å². The van der Waals surface area contributed by atoms with E-state index in [4.69, 9.17) is 0 Å². The maximum atomic E-state index is 12.0. The number of Topliss-reactive ketones (excluding diaryl/α,β-unsaturated/α-hetero) is 1. The number of aromatic amines is 1. The van der Waals surface area contributed by atoms with Crippen molar-refractivity contribution in [1.29, 1.82) is 0 Å². The van der Waals surface area contributed by atoms with Crippen LogP contribution in [0.15, 0.2) is 48.5 Å². The highest BCUT2D eigenvalue weighted by Gasteiger charge is 2.15. The predicted molar refractivity (Wildman–Crippen MR) is 116 cm³/mol. The van der Waals surface area contributed by atoms with Crippen LogP contribution < -0.4 is 0 Å². The van der Waals surface area contributed by atoms with Crippen LogP contribution in [-0.2, 0) is 13.0 Å². The molecule has 2 heterocycles. The van der Waals surface area contributed by atoms with Crippen molar-refractivity contribution in [2.24, 2.45) is 0 Å². The number of nitrogens with one attached hydrogen (secondary N) is 1. The second-order valence-corrected chi connectivity index (χ2v) is 6.87. The lowest BCUT2D eigenvalue weighted by molar-refractivity contribution is 0.0978. The molecule has 4 rings (SSSR count). The monoisotopic (exact) mass is 411 g/mol. The number of tetrazole rings is 1. The van der Waals surface area contributed by atoms with Gasteiger partial charge in [-0.1, -0.05) is 61.4 Å². The number of carbonyl (C=O) groups is 1. The zero-order valence-corrected chi connectivity index (χ0v) is 17.3. The van der Waals surface area contributed by atoms with E-state index in [0.717, 1.165) is 22.3 Å². The van der Waals surface area contributed by atoms with Gasteiger partial charge in [0.25, 0.3) is 0 Å². The molecular weight excluding hydrogens is 390 g/mol. The van der Waals surface area contributed by atoms with Gasteiger partial charge in [-0.15, -0.1) is 21.2 Å². The summed E-state index contributed by atoms with van der Waals surface area (Å²) in [6.07, 6.45) is 0.827. The fourth-order valence-corrected chi connectivity index (χ4v) is 3.24. The average molecular weight is 411 g/mol. The number of nitrogens with zero attached hydrogens (tertiary/aromatic N) is 6. The Morgan fingerprint density at radius 2 is 1.87 bits per heavy atom. The van der Waals surface area contributed by atoms with E-state index >= 15 is 0 Å². The second kappa shape index (κ2) is 9.13. The number of carbonyl (C=O) groups excluding carboxylic acids is 1. The van der Waals surface area contributed by atoms with E-state index in [1.807, 2.05) is 36.4 Å². The van der Waals surface area contributed by atoms with Crippen molar-refractivity contribution in [2.75, 3.05) is 0 Å². The molecule has 0 aliphatic heterocycles. The highest BCUT2D eigenvalue weighted by atomic mass is 16.1. The number of benzene rings is 2. The third-order valence-electron chi connectivity index (χ3n) is 4.85. The Labute approximate surface area is 179 Å². The van der Waals surface area contributed by atoms with Crippen molar-refractivity contribution in [2.45, 2.75) is 33.2 Å². The third-order valence-corrected chi connectivity index (χ3v) is 4.85. The molecule has 0 radical (unpaired) electrons. The molecule has 0 atom stereocenters. The van der Waals surface area contributed by atoms with Gasteiger partial charge in [-0.05, 0) is 28.8 Å². The van der Waals surface area contributed by atoms with E-state index in [2.05, 4.69) is 54.7 Å². The number of hydrogen-bond acceptors (Lipinski definition) is 6. The van der Waals surface area contributed by atoms with Crippen LogP contribution in [-0.4, -0.2) is 41.2 Å². The molecule has 31 heavy (non-hydrogen) atoms. The number of H-pyrrole nitrogens is 1. The molecule has 0 aliphatic rings. The lowest BCUT2D eigenvalue weighted by Crippen LogP contribution is -2.07. The average Bonchev–Trinajstić information content (AvgIpc) is 3.48. The van der Waals surface area contributed by atoms with Gasteiger partial charge >= 0.3 is 0 Å². The Morgan fingerprint density at radius 1 is 1.10 bits per heavy atom. The smallest absolute Gasteiger partial charge is 0.217 e. The SMILES string of the molecule is CC#CCc1nc(C(=O)CC)nn1Cc1ccc(-c2ccccc2-c2nn[nH]n2)cc1. The van der Waals surface area contributed by atoms with Gasteiger partial charge in [0.1, 0.15) is 5.82 Å². The lowest BCUT2D eigenvalue weighted by Gasteiger charge is -2.09. The van der Waals surface area contributed by atoms with Gasteiger partial charge in [0.2, 0.25) is 17.4 Å². The first-order chi connectivity index (χ1) is 15.2. The van der Waals surface area contributed by atoms with Crippen LogP contribution in [0.2, 0.25) is 0 Å². The van der Waals surface area contributed by atoms with Gasteiger partial charge < -0.3 is 0 Å². The summed E-state index contributed by atoms with van der Waals surface area (Å²) >= 11 is 0. The van der Waals surface area contributed by atoms with Gasteiger partial charge in [-0.25, -0.2) is 9.67 Å². The molecule has 0 bridgehead atoms. The van der Waals surface area contributed by atoms with E-state index < -0.39 is 0 Å². The standard InChI is InChI=1S/C23H21N7O/c1-3-5-10-21-24-23(20(31)4-2)27-30(21)15-16-11-13-17(14-12-16)18-8-6-7-9-19(18)22-25-28-29-26-22/h6-9,11-14H,4,10,15H2,1-2H3,(H,25,26,28,29). The summed E-state index contributed by atoms with van der Waals surface area (Å²) in [6, 6.07) is 16.1. The molecule has 0 amide bonds. The minimum atomic E-state index is -0.0714. The molecule has 4 aromatic rings. The third kappa shape index (κ3) is 4.41. The highest BCUT2D eigenvalue weighted by Crippen LogP contribution is 2.29. The summed E-state index contributed by atoms with van der Waals surface area (Å²) < 4.78 is 1.76. The predicted octanol–water partition coefficient (Wildman–Crippen LogP) is 3.33. The van der Waals surface area contributed by atoms with E-state index in [0.29, 0.717) is 31.0 Å². The second-order valence-electron chi connectivity index (χ2n) is 6.87. The molecule has 2 aromatic carbocycles. The fourth-order valence-electron chi connectivity index (χ4n) is 3.24. The molecule has 0 fully saturated rings. The Balaban J connectivity index is 1.61. The van der Waals surface area contributed by atoms with Crippen molar-refractivity contribution < 1.29 is 4.79 Å². The zero-order valence-electron chi connectivity index (χ0n) is 17.3. The molecule has 0 unspecified atom stereocenters. The van der Waals surface area contributed by atoms with E-state index in [1.165, 1.54) is 0 Å². The Kier molecular flexibility index (Phi) is 5.94. The fraction of sp³-hybridized carbons (Fsp3) is 0.217. The molecule has 0 saturated carbocycles. The summed E-state index contributed by atoms with van der Waals surface area (Å²) in [5.74, 6) is 7.30. The van der Waals surface area contributed by atoms with Crippen molar-refractivity contribution >= 4 is 5.78 Å². The maximum Gasteiger partial charge on any atom is 0.217 e. The Bertz CT molecular complexity index is 1250. The molecule has 0 spiro atoms. The van der Waals surface area contributed by atoms with Crippen LogP contribution in [0.3, 0.4) is 0 Å². The van der Waals surface area contributed by atoms with E-state index in [9.17, 15) is 4.79 Å². The maximum absolute atomic E-state index is 12.0. The van der Waals surface area contributed by atoms with Crippen molar-refractivity contribution in [3.8, 4) is 34.4 Å². The van der Waals surface area contributed by atoms with Gasteiger partial charge in [0, 0.05) is 12.0 Å². The highest BCUT2D eigenvalue weighted by molar-refractivity contribution is 5.92. The van der Waals surface area contributed by atoms with Crippen LogP contribution in [0, 0.1) is 11.8 Å². The minimum absolute atomic E-state index is 0.0714. The number of rotatable bonds is 7. The summed E-state index contributed by atoms with van der Waals surface area (Å²) in [4.78, 5) is 16.4. The van der Waals surface area contributed by atoms with Gasteiger partial charge in [0.05, 0.1) is 13.0 Å². The number of hydrogen-bond donors (Lipinski definition) is 1. The van der Waals surface area contributed by atoms with Gasteiger partial charge in [-0.2, -0.15) is 5.21 Å².